The van der Waals surface area contributed by atoms with E-state index in [1.165, 1.54) is 6.42 Å². The molecule has 1 unspecified atom stereocenters. The van der Waals surface area contributed by atoms with E-state index in [1.54, 1.807) is 0 Å². The zero-order valence-corrected chi connectivity index (χ0v) is 13.9. The monoisotopic (exact) mass is 320 g/mol. The molecule has 0 N–H and O–H groups in total. The van der Waals surface area contributed by atoms with E-state index in [-0.39, 0.29) is 0 Å². The minimum atomic E-state index is 0.374. The molecule has 3 nitrogen and oxygen atoms in total. The van der Waals surface area contributed by atoms with E-state index in [1.807, 2.05) is 0 Å². The summed E-state index contributed by atoms with van der Waals surface area (Å²) >= 11 is 3.51. The van der Waals surface area contributed by atoms with Crippen molar-refractivity contribution < 1.29 is 4.74 Å². The van der Waals surface area contributed by atoms with Gasteiger partial charge in [0.2, 0.25) is 0 Å². The highest BCUT2D eigenvalue weighted by Crippen LogP contribution is 2.12. The first-order valence-corrected chi connectivity index (χ1v) is 8.32. The van der Waals surface area contributed by atoms with E-state index < -0.39 is 0 Å². The van der Waals surface area contributed by atoms with E-state index in [9.17, 15) is 0 Å². The summed E-state index contributed by atoms with van der Waals surface area (Å²) in [7, 11) is 0. The lowest BCUT2D eigenvalue weighted by molar-refractivity contribution is -0.0553. The van der Waals surface area contributed by atoms with Crippen LogP contribution in [0.25, 0.3) is 0 Å². The summed E-state index contributed by atoms with van der Waals surface area (Å²) in [5.41, 5.74) is 0. The van der Waals surface area contributed by atoms with Crippen LogP contribution in [-0.4, -0.2) is 66.1 Å². The van der Waals surface area contributed by atoms with Crippen molar-refractivity contribution in [1.29, 1.82) is 0 Å². The Morgan fingerprint density at radius 3 is 2.61 bits per heavy atom. The van der Waals surface area contributed by atoms with Gasteiger partial charge in [0, 0.05) is 37.0 Å². The van der Waals surface area contributed by atoms with Crippen LogP contribution in [0.3, 0.4) is 0 Å². The maximum absolute atomic E-state index is 5.92. The van der Waals surface area contributed by atoms with Gasteiger partial charge in [-0.25, -0.2) is 0 Å². The van der Waals surface area contributed by atoms with Gasteiger partial charge in [-0.15, -0.1) is 0 Å². The SMILES string of the molecule is CC(C)N(CCCBr)CC1CN(C(C)C)CCO1. The van der Waals surface area contributed by atoms with Crippen molar-refractivity contribution in [3.05, 3.63) is 0 Å². The van der Waals surface area contributed by atoms with Crippen LogP contribution in [0.4, 0.5) is 0 Å². The number of hydrogen-bond donors (Lipinski definition) is 0. The van der Waals surface area contributed by atoms with Gasteiger partial charge in [0.05, 0.1) is 12.7 Å². The summed E-state index contributed by atoms with van der Waals surface area (Å²) in [5, 5.41) is 1.08. The van der Waals surface area contributed by atoms with Crippen LogP contribution < -0.4 is 0 Å². The predicted octanol–water partition coefficient (Wildman–Crippen LogP) is 2.59. The number of morpholine rings is 1. The molecule has 1 fully saturated rings. The maximum Gasteiger partial charge on any atom is 0.0829 e. The topological polar surface area (TPSA) is 15.7 Å². The van der Waals surface area contributed by atoms with Crippen molar-refractivity contribution in [2.75, 3.05) is 38.1 Å². The highest BCUT2D eigenvalue weighted by Gasteiger charge is 2.24. The van der Waals surface area contributed by atoms with Crippen LogP contribution in [0.2, 0.25) is 0 Å². The zero-order valence-electron chi connectivity index (χ0n) is 12.4. The average molecular weight is 321 g/mol. The lowest BCUT2D eigenvalue weighted by Gasteiger charge is -2.38. The molecule has 1 saturated heterocycles. The van der Waals surface area contributed by atoms with Crippen LogP contribution in [0.5, 0.6) is 0 Å². The molecular weight excluding hydrogens is 292 g/mol. The Kier molecular flexibility index (Phi) is 7.76. The van der Waals surface area contributed by atoms with Crippen molar-refractivity contribution >= 4 is 15.9 Å². The Bertz CT molecular complexity index is 224. The van der Waals surface area contributed by atoms with Gasteiger partial charge in [-0.05, 0) is 40.7 Å². The molecule has 0 radical (unpaired) electrons. The Hall–Kier alpha value is 0.360. The Labute approximate surface area is 121 Å². The largest absolute Gasteiger partial charge is 0.374 e. The van der Waals surface area contributed by atoms with Crippen molar-refractivity contribution in [1.82, 2.24) is 9.80 Å². The van der Waals surface area contributed by atoms with Crippen LogP contribution in [0, 0.1) is 0 Å². The highest BCUT2D eigenvalue weighted by molar-refractivity contribution is 9.09. The first-order valence-electron chi connectivity index (χ1n) is 7.20. The molecule has 1 aliphatic heterocycles. The molecule has 0 spiro atoms. The highest BCUT2D eigenvalue weighted by atomic mass is 79.9. The molecule has 0 aromatic rings. The summed E-state index contributed by atoms with van der Waals surface area (Å²) in [5.74, 6) is 0. The Morgan fingerprint density at radius 1 is 1.33 bits per heavy atom. The normalized spacial score (nSPS) is 22.3. The van der Waals surface area contributed by atoms with E-state index in [4.69, 9.17) is 4.74 Å². The lowest BCUT2D eigenvalue weighted by Crippen LogP contribution is -2.50. The van der Waals surface area contributed by atoms with E-state index >= 15 is 0 Å². The summed E-state index contributed by atoms with van der Waals surface area (Å²) in [6, 6.07) is 1.23. The first kappa shape index (κ1) is 16.4. The van der Waals surface area contributed by atoms with Gasteiger partial charge in [-0.1, -0.05) is 15.9 Å². The second-order valence-corrected chi connectivity index (χ2v) is 6.51. The summed E-state index contributed by atoms with van der Waals surface area (Å²) in [6.07, 6.45) is 1.58. The molecule has 0 aromatic heterocycles. The van der Waals surface area contributed by atoms with Crippen molar-refractivity contribution in [2.45, 2.75) is 52.3 Å². The molecule has 1 rings (SSSR count). The predicted molar refractivity (Wildman–Crippen MR) is 81.6 cm³/mol. The van der Waals surface area contributed by atoms with Gasteiger partial charge >= 0.3 is 0 Å². The number of halogens is 1. The van der Waals surface area contributed by atoms with Crippen LogP contribution in [-0.2, 0) is 4.74 Å². The minimum Gasteiger partial charge on any atom is -0.374 e. The molecule has 0 aromatic carbocycles. The molecular formula is C14H29BrN2O. The fraction of sp³-hybridized carbons (Fsp3) is 1.00. The molecule has 0 bridgehead atoms. The van der Waals surface area contributed by atoms with Gasteiger partial charge in [-0.2, -0.15) is 0 Å². The van der Waals surface area contributed by atoms with E-state index in [2.05, 4.69) is 53.4 Å². The molecule has 0 aliphatic carbocycles. The average Bonchev–Trinajstić information content (AvgIpc) is 2.34. The fourth-order valence-corrected chi connectivity index (χ4v) is 2.66. The van der Waals surface area contributed by atoms with Gasteiger partial charge in [0.1, 0.15) is 0 Å². The second-order valence-electron chi connectivity index (χ2n) is 5.71. The molecule has 1 aliphatic rings. The van der Waals surface area contributed by atoms with Crippen LogP contribution in [0.15, 0.2) is 0 Å². The van der Waals surface area contributed by atoms with Crippen molar-refractivity contribution in [3.63, 3.8) is 0 Å². The Morgan fingerprint density at radius 2 is 2.06 bits per heavy atom. The first-order chi connectivity index (χ1) is 8.54. The van der Waals surface area contributed by atoms with Gasteiger partial charge in [0.25, 0.3) is 0 Å². The van der Waals surface area contributed by atoms with Crippen LogP contribution >= 0.6 is 15.9 Å². The smallest absolute Gasteiger partial charge is 0.0829 e. The van der Waals surface area contributed by atoms with Crippen LogP contribution in [0.1, 0.15) is 34.1 Å². The third-order valence-corrected chi connectivity index (χ3v) is 4.21. The zero-order chi connectivity index (χ0) is 13.5. The third-order valence-electron chi connectivity index (χ3n) is 3.65. The molecule has 0 saturated carbocycles. The number of ether oxygens (including phenoxy) is 1. The second kappa shape index (κ2) is 8.51. The van der Waals surface area contributed by atoms with Gasteiger partial charge in [-0.3, -0.25) is 9.80 Å². The molecule has 1 heterocycles. The number of nitrogens with zero attached hydrogens (tertiary/aromatic N) is 2. The maximum atomic E-state index is 5.92. The van der Waals surface area contributed by atoms with Crippen molar-refractivity contribution in [3.8, 4) is 0 Å². The molecule has 0 amide bonds. The lowest BCUT2D eigenvalue weighted by atomic mass is 10.2. The molecule has 4 heteroatoms. The minimum absolute atomic E-state index is 0.374. The third kappa shape index (κ3) is 5.55. The van der Waals surface area contributed by atoms with Gasteiger partial charge < -0.3 is 4.74 Å². The number of hydrogen-bond acceptors (Lipinski definition) is 3. The molecule has 1 atom stereocenters. The summed E-state index contributed by atoms with van der Waals surface area (Å²) in [6.45, 7) is 14.4. The summed E-state index contributed by atoms with van der Waals surface area (Å²) in [4.78, 5) is 5.06. The van der Waals surface area contributed by atoms with Crippen molar-refractivity contribution in [2.24, 2.45) is 0 Å². The standard InChI is InChI=1S/C14H29BrN2O/c1-12(2)16(7-5-6-15)10-14-11-17(13(3)4)8-9-18-14/h12-14H,5-11H2,1-4H3. The molecule has 108 valence electrons. The molecule has 18 heavy (non-hydrogen) atoms. The summed E-state index contributed by atoms with van der Waals surface area (Å²) < 4.78 is 5.92. The Balaban J connectivity index is 2.42. The quantitative estimate of drug-likeness (QED) is 0.671. The number of rotatable bonds is 7. The van der Waals surface area contributed by atoms with Gasteiger partial charge in [0.15, 0.2) is 0 Å². The van der Waals surface area contributed by atoms with E-state index in [0.29, 0.717) is 18.2 Å². The number of alkyl halides is 1. The fourth-order valence-electron chi connectivity index (χ4n) is 2.41. The van der Waals surface area contributed by atoms with E-state index in [0.717, 1.165) is 38.1 Å².